The van der Waals surface area contributed by atoms with Crippen molar-refractivity contribution in [3.8, 4) is 5.75 Å². The molecule has 1 atom stereocenters. The van der Waals surface area contributed by atoms with Crippen LogP contribution in [0.5, 0.6) is 5.75 Å². The zero-order valence-electron chi connectivity index (χ0n) is 16.7. The van der Waals surface area contributed by atoms with Gasteiger partial charge in [0.05, 0.1) is 38.7 Å². The molecule has 0 spiro atoms. The molecule has 0 radical (unpaired) electrons. The molecule has 1 unspecified atom stereocenters. The number of hydrogen-bond acceptors (Lipinski definition) is 4. The highest BCUT2D eigenvalue weighted by Gasteiger charge is 2.34. The van der Waals surface area contributed by atoms with Gasteiger partial charge >= 0.3 is 5.97 Å². The van der Waals surface area contributed by atoms with Crippen LogP contribution in [0.15, 0.2) is 44.7 Å². The lowest BCUT2D eigenvalue weighted by molar-refractivity contribution is 0.0698. The molecule has 1 heterocycles. The van der Waals surface area contributed by atoms with Crippen LogP contribution in [-0.4, -0.2) is 30.9 Å². The van der Waals surface area contributed by atoms with Crippen molar-refractivity contribution < 1.29 is 23.6 Å². The van der Waals surface area contributed by atoms with Crippen LogP contribution in [0.25, 0.3) is 10.9 Å². The molecule has 0 amide bonds. The number of carboxylic acid groups (broad SMARTS) is 1. The smallest absolute Gasteiger partial charge is 0.338 e. The van der Waals surface area contributed by atoms with Gasteiger partial charge in [0.25, 0.3) is 0 Å². The lowest BCUT2D eigenvalue weighted by Gasteiger charge is -2.11. The topological polar surface area (TPSA) is 144 Å². The Bertz CT molecular complexity index is 1280. The Morgan fingerprint density at radius 2 is 1.94 bits per heavy atom. The molecule has 1 aromatic heterocycles. The molecule has 0 saturated heterocycles. The molecule has 32 heavy (non-hydrogen) atoms. The van der Waals surface area contributed by atoms with Gasteiger partial charge in [-0.2, -0.15) is 0 Å². The summed E-state index contributed by atoms with van der Waals surface area (Å²) in [5.41, 5.74) is 12.1. The van der Waals surface area contributed by atoms with Gasteiger partial charge < -0.3 is 26.2 Å². The molecule has 0 aliphatic heterocycles. The number of aromatic nitrogens is 1. The predicted molar refractivity (Wildman–Crippen MR) is 123 cm³/mol. The van der Waals surface area contributed by atoms with Gasteiger partial charge in [0.15, 0.2) is 5.96 Å². The maximum Gasteiger partial charge on any atom is 0.338 e. The van der Waals surface area contributed by atoms with Crippen LogP contribution in [0, 0.1) is 5.82 Å². The van der Waals surface area contributed by atoms with E-state index in [1.54, 1.807) is 6.07 Å². The van der Waals surface area contributed by atoms with E-state index in [0.29, 0.717) is 26.0 Å². The summed E-state index contributed by atoms with van der Waals surface area (Å²) < 4.78 is 28.6. The van der Waals surface area contributed by atoms with Gasteiger partial charge in [0, 0.05) is 27.6 Å². The Labute approximate surface area is 193 Å². The Kier molecular flexibility index (Phi) is 5.95. The second kappa shape index (κ2) is 8.55. The maximum atomic E-state index is 13.3. The van der Waals surface area contributed by atoms with Crippen molar-refractivity contribution in [3.63, 3.8) is 0 Å². The number of phenolic OH excluding ortho intramolecular Hbond substituents is 1. The number of aliphatic imine (C=N–C) groups is 1. The number of rotatable bonds is 7. The summed E-state index contributed by atoms with van der Waals surface area (Å²) in [7, 11) is -1.62. The molecule has 1 aliphatic rings. The number of fused-ring (bicyclic) bond motifs is 1. The van der Waals surface area contributed by atoms with Crippen LogP contribution in [0.4, 0.5) is 4.39 Å². The van der Waals surface area contributed by atoms with Crippen molar-refractivity contribution in [2.75, 3.05) is 0 Å². The van der Waals surface area contributed by atoms with Gasteiger partial charge in [-0.15, -0.1) is 0 Å². The van der Waals surface area contributed by atoms with Crippen LogP contribution in [0.3, 0.4) is 0 Å². The molecule has 3 aromatic rings. The van der Waals surface area contributed by atoms with Crippen LogP contribution >= 0.6 is 15.9 Å². The number of aromatic carboxylic acids is 1. The van der Waals surface area contributed by atoms with Gasteiger partial charge in [-0.25, -0.2) is 14.2 Å². The van der Waals surface area contributed by atoms with Gasteiger partial charge in [0.1, 0.15) is 11.6 Å². The van der Waals surface area contributed by atoms with Crippen molar-refractivity contribution >= 4 is 49.6 Å². The normalized spacial score (nSPS) is 14.4. The average Bonchev–Trinajstić information content (AvgIpc) is 3.51. The zero-order chi connectivity index (χ0) is 23.2. The highest BCUT2D eigenvalue weighted by molar-refractivity contribution is 9.10. The van der Waals surface area contributed by atoms with E-state index in [0.717, 1.165) is 12.8 Å². The van der Waals surface area contributed by atoms with E-state index in [1.807, 2.05) is 4.57 Å². The molecule has 0 bridgehead atoms. The largest absolute Gasteiger partial charge is 0.506 e. The number of hydrogen-bond donors (Lipinski definition) is 4. The van der Waals surface area contributed by atoms with Crippen molar-refractivity contribution in [1.82, 2.24) is 4.57 Å². The molecule has 1 saturated carbocycles. The standard InChI is InChI=1S/C21H20BrFN4O4S/c22-14-7-15-17(13(19(14)28)8-26-21(24)25)18(20(29)30)16(27(15)11-3-4-11)9-32(31)12-5-1-10(23)2-6-12/h1-2,5-7,11,28H,3-4,8-9H2,(H,29,30)(H4,24,25,26). The van der Waals surface area contributed by atoms with E-state index < -0.39 is 22.6 Å². The number of benzene rings is 2. The summed E-state index contributed by atoms with van der Waals surface area (Å²) in [6, 6.07) is 6.97. The van der Waals surface area contributed by atoms with E-state index in [9.17, 15) is 23.6 Å². The predicted octanol–water partition coefficient (Wildman–Crippen LogP) is 3.36. The fourth-order valence-electron chi connectivity index (χ4n) is 3.80. The van der Waals surface area contributed by atoms with Crippen molar-refractivity contribution in [3.05, 3.63) is 57.4 Å². The third-order valence-corrected chi connectivity index (χ3v) is 7.25. The number of halogens is 2. The third-order valence-electron chi connectivity index (χ3n) is 5.31. The molecule has 168 valence electrons. The van der Waals surface area contributed by atoms with Crippen molar-refractivity contribution in [2.24, 2.45) is 16.5 Å². The van der Waals surface area contributed by atoms with Gasteiger partial charge in [-0.1, -0.05) is 0 Å². The van der Waals surface area contributed by atoms with Crippen molar-refractivity contribution in [2.45, 2.75) is 36.1 Å². The Morgan fingerprint density at radius 1 is 1.28 bits per heavy atom. The van der Waals surface area contributed by atoms with E-state index in [2.05, 4.69) is 20.9 Å². The summed E-state index contributed by atoms with van der Waals surface area (Å²) in [6.45, 7) is -0.125. The SMILES string of the molecule is NC(N)=NCc1c(O)c(Br)cc2c1c(C(=O)O)c(CS(=O)c1ccc(F)cc1)n2C1CC1. The molecule has 1 fully saturated rings. The molecule has 2 aromatic carbocycles. The van der Waals surface area contributed by atoms with Crippen LogP contribution in [0.1, 0.15) is 40.5 Å². The van der Waals surface area contributed by atoms with Gasteiger partial charge in [-0.3, -0.25) is 4.21 Å². The highest BCUT2D eigenvalue weighted by Crippen LogP contribution is 2.46. The van der Waals surface area contributed by atoms with Gasteiger partial charge in [0.2, 0.25) is 0 Å². The Balaban J connectivity index is 1.96. The number of aromatic hydroxyl groups is 1. The molecule has 4 rings (SSSR count). The first kappa shape index (κ1) is 22.3. The quantitative estimate of drug-likeness (QED) is 0.276. The number of phenols is 1. The summed E-state index contributed by atoms with van der Waals surface area (Å²) in [5, 5.41) is 21.1. The minimum atomic E-state index is -1.62. The molecule has 1 aliphatic carbocycles. The fraction of sp³-hybridized carbons (Fsp3) is 0.238. The number of nitrogens with two attached hydrogens (primary N) is 2. The third kappa shape index (κ3) is 4.09. The first-order valence-corrected chi connectivity index (χ1v) is 11.8. The van der Waals surface area contributed by atoms with Crippen LogP contribution < -0.4 is 11.5 Å². The monoisotopic (exact) mass is 522 g/mol. The summed E-state index contributed by atoms with van der Waals surface area (Å²) in [4.78, 5) is 16.7. The van der Waals surface area contributed by atoms with Gasteiger partial charge in [-0.05, 0) is 59.1 Å². The Hall–Kier alpha value is -2.92. The maximum absolute atomic E-state index is 13.3. The summed E-state index contributed by atoms with van der Waals surface area (Å²) in [5.74, 6) is -2.11. The number of nitrogens with zero attached hydrogens (tertiary/aromatic N) is 2. The second-order valence-electron chi connectivity index (χ2n) is 7.49. The van der Waals surface area contributed by atoms with E-state index in [4.69, 9.17) is 11.5 Å². The van der Waals surface area contributed by atoms with Crippen LogP contribution in [0.2, 0.25) is 0 Å². The van der Waals surface area contributed by atoms with E-state index in [1.165, 1.54) is 24.3 Å². The lowest BCUT2D eigenvalue weighted by atomic mass is 10.0. The van der Waals surface area contributed by atoms with Crippen LogP contribution in [-0.2, 0) is 23.1 Å². The van der Waals surface area contributed by atoms with E-state index in [-0.39, 0.29) is 41.2 Å². The molecule has 8 nitrogen and oxygen atoms in total. The number of carboxylic acids is 1. The molecular weight excluding hydrogens is 503 g/mol. The molecular formula is C21H20BrFN4O4S. The average molecular weight is 523 g/mol. The Morgan fingerprint density at radius 3 is 2.50 bits per heavy atom. The number of guanidine groups is 1. The molecule has 6 N–H and O–H groups in total. The minimum Gasteiger partial charge on any atom is -0.506 e. The first-order chi connectivity index (χ1) is 15.2. The number of carbonyl (C=O) groups is 1. The zero-order valence-corrected chi connectivity index (χ0v) is 19.1. The summed E-state index contributed by atoms with van der Waals surface area (Å²) >= 11 is 3.33. The first-order valence-electron chi connectivity index (χ1n) is 9.68. The van der Waals surface area contributed by atoms with Crippen molar-refractivity contribution in [1.29, 1.82) is 0 Å². The second-order valence-corrected chi connectivity index (χ2v) is 9.80. The highest BCUT2D eigenvalue weighted by atomic mass is 79.9. The fourth-order valence-corrected chi connectivity index (χ4v) is 5.39. The minimum absolute atomic E-state index is 0.0500. The summed E-state index contributed by atoms with van der Waals surface area (Å²) in [6.07, 6.45) is 1.70. The molecule has 11 heteroatoms. The van der Waals surface area contributed by atoms with E-state index >= 15 is 0 Å². The lowest BCUT2D eigenvalue weighted by Crippen LogP contribution is -2.22.